The van der Waals surface area contributed by atoms with Crippen LogP contribution < -0.4 is 5.73 Å². The van der Waals surface area contributed by atoms with Gasteiger partial charge < -0.3 is 5.73 Å². The average Bonchev–Trinajstić information content (AvgIpc) is 2.76. The molecule has 0 bridgehead atoms. The van der Waals surface area contributed by atoms with E-state index in [9.17, 15) is 18.0 Å². The molecule has 0 unspecified atom stereocenters. The van der Waals surface area contributed by atoms with E-state index in [4.69, 9.17) is 5.73 Å². The molecule has 0 fully saturated rings. The Morgan fingerprint density at radius 2 is 2.11 bits per heavy atom. The Morgan fingerprint density at radius 3 is 2.74 bits per heavy atom. The number of halogens is 3. The van der Waals surface area contributed by atoms with E-state index in [1.807, 2.05) is 0 Å². The van der Waals surface area contributed by atoms with Crippen molar-refractivity contribution in [2.75, 3.05) is 0 Å². The predicted octanol–water partition coefficient (Wildman–Crippen LogP) is 2.12. The summed E-state index contributed by atoms with van der Waals surface area (Å²) in [5.74, 6) is -0.695. The third-order valence-electron chi connectivity index (χ3n) is 2.61. The highest BCUT2D eigenvalue weighted by molar-refractivity contribution is 5.92. The standard InChI is InChI=1S/C12H10F3N3O/c13-12(14,15)9-3-1-2-7(5-9)4-8-6-17-18-10(8)11(16)19/h1-3,5-6H,4H2,(H2,16,19)(H,17,18). The van der Waals surface area contributed by atoms with Crippen molar-refractivity contribution in [3.8, 4) is 0 Å². The number of alkyl halides is 3. The molecule has 19 heavy (non-hydrogen) atoms. The van der Waals surface area contributed by atoms with Crippen LogP contribution in [0.15, 0.2) is 30.5 Å². The third kappa shape index (κ3) is 2.93. The van der Waals surface area contributed by atoms with Gasteiger partial charge in [0.1, 0.15) is 5.69 Å². The number of aromatic amines is 1. The van der Waals surface area contributed by atoms with Gasteiger partial charge in [0.2, 0.25) is 0 Å². The summed E-state index contributed by atoms with van der Waals surface area (Å²) in [6.45, 7) is 0. The number of rotatable bonds is 3. The number of amides is 1. The lowest BCUT2D eigenvalue weighted by Gasteiger charge is -2.08. The van der Waals surface area contributed by atoms with E-state index in [-0.39, 0.29) is 12.1 Å². The van der Waals surface area contributed by atoms with Crippen molar-refractivity contribution in [3.05, 3.63) is 52.8 Å². The first-order valence-corrected chi connectivity index (χ1v) is 5.36. The highest BCUT2D eigenvalue weighted by Crippen LogP contribution is 2.30. The molecule has 0 saturated heterocycles. The zero-order chi connectivity index (χ0) is 14.0. The van der Waals surface area contributed by atoms with Crippen LogP contribution in [0.3, 0.4) is 0 Å². The van der Waals surface area contributed by atoms with Crippen molar-refractivity contribution < 1.29 is 18.0 Å². The van der Waals surface area contributed by atoms with E-state index in [2.05, 4.69) is 10.2 Å². The van der Waals surface area contributed by atoms with Gasteiger partial charge >= 0.3 is 6.18 Å². The van der Waals surface area contributed by atoms with Crippen molar-refractivity contribution in [2.45, 2.75) is 12.6 Å². The second kappa shape index (κ2) is 4.75. The quantitative estimate of drug-likeness (QED) is 0.895. The summed E-state index contributed by atoms with van der Waals surface area (Å²) in [5.41, 5.74) is 5.40. The van der Waals surface area contributed by atoms with Crippen molar-refractivity contribution >= 4 is 5.91 Å². The first-order chi connectivity index (χ1) is 8.88. The van der Waals surface area contributed by atoms with Gasteiger partial charge in [-0.2, -0.15) is 18.3 Å². The lowest BCUT2D eigenvalue weighted by Crippen LogP contribution is -2.14. The second-order valence-corrected chi connectivity index (χ2v) is 4.01. The van der Waals surface area contributed by atoms with Crippen LogP contribution in [0.2, 0.25) is 0 Å². The lowest BCUT2D eigenvalue weighted by molar-refractivity contribution is -0.137. The number of nitrogens with zero attached hydrogens (tertiary/aromatic N) is 1. The number of carbonyl (C=O) groups excluding carboxylic acids is 1. The summed E-state index contributed by atoms with van der Waals surface area (Å²) in [6.07, 6.45) is -2.86. The normalized spacial score (nSPS) is 11.5. The zero-order valence-electron chi connectivity index (χ0n) is 9.66. The summed E-state index contributed by atoms with van der Waals surface area (Å²) < 4.78 is 37.7. The zero-order valence-corrected chi connectivity index (χ0v) is 9.66. The van der Waals surface area contributed by atoms with Gasteiger partial charge in [0.25, 0.3) is 5.91 Å². The van der Waals surface area contributed by atoms with Crippen molar-refractivity contribution in [1.82, 2.24) is 10.2 Å². The number of nitrogens with two attached hydrogens (primary N) is 1. The Hall–Kier alpha value is -2.31. The molecule has 3 N–H and O–H groups in total. The van der Waals surface area contributed by atoms with Gasteiger partial charge in [0, 0.05) is 12.0 Å². The Morgan fingerprint density at radius 1 is 1.37 bits per heavy atom. The van der Waals surface area contributed by atoms with Crippen LogP contribution in [0.5, 0.6) is 0 Å². The Kier molecular flexibility index (Phi) is 3.28. The summed E-state index contributed by atoms with van der Waals surface area (Å²) >= 11 is 0. The molecule has 2 aromatic rings. The summed E-state index contributed by atoms with van der Waals surface area (Å²) in [5, 5.41) is 6.09. The van der Waals surface area contributed by atoms with E-state index in [1.165, 1.54) is 12.3 Å². The molecule has 0 saturated carbocycles. The third-order valence-corrected chi connectivity index (χ3v) is 2.61. The van der Waals surface area contributed by atoms with Crippen LogP contribution in [0.25, 0.3) is 0 Å². The van der Waals surface area contributed by atoms with Gasteiger partial charge in [-0.1, -0.05) is 18.2 Å². The highest BCUT2D eigenvalue weighted by atomic mass is 19.4. The largest absolute Gasteiger partial charge is 0.416 e. The number of carbonyl (C=O) groups is 1. The molecular formula is C12H10F3N3O. The lowest BCUT2D eigenvalue weighted by atomic mass is 10.0. The Bertz CT molecular complexity index is 604. The van der Waals surface area contributed by atoms with Crippen LogP contribution in [0.1, 0.15) is 27.2 Å². The average molecular weight is 269 g/mol. The molecule has 0 radical (unpaired) electrons. The molecule has 100 valence electrons. The van der Waals surface area contributed by atoms with Crippen molar-refractivity contribution in [1.29, 1.82) is 0 Å². The fourth-order valence-corrected chi connectivity index (χ4v) is 1.74. The Balaban J connectivity index is 2.29. The van der Waals surface area contributed by atoms with E-state index in [0.717, 1.165) is 12.1 Å². The molecule has 0 atom stereocenters. The number of primary amides is 1. The number of hydrogen-bond donors (Lipinski definition) is 2. The minimum absolute atomic E-state index is 0.109. The Labute approximate surface area is 106 Å². The van der Waals surface area contributed by atoms with Crippen molar-refractivity contribution in [3.63, 3.8) is 0 Å². The first-order valence-electron chi connectivity index (χ1n) is 5.36. The highest BCUT2D eigenvalue weighted by Gasteiger charge is 2.30. The number of benzene rings is 1. The van der Waals surface area contributed by atoms with Crippen LogP contribution in [0.4, 0.5) is 13.2 Å². The molecule has 4 nitrogen and oxygen atoms in total. The number of hydrogen-bond acceptors (Lipinski definition) is 2. The maximum absolute atomic E-state index is 12.6. The fraction of sp³-hybridized carbons (Fsp3) is 0.167. The fourth-order valence-electron chi connectivity index (χ4n) is 1.74. The van der Waals surface area contributed by atoms with Gasteiger partial charge in [-0.25, -0.2) is 0 Å². The van der Waals surface area contributed by atoms with Gasteiger partial charge in [-0.05, 0) is 11.6 Å². The van der Waals surface area contributed by atoms with Crippen LogP contribution >= 0.6 is 0 Å². The van der Waals surface area contributed by atoms with Gasteiger partial charge in [0.15, 0.2) is 0 Å². The molecule has 0 aliphatic rings. The molecule has 0 spiro atoms. The molecule has 2 rings (SSSR count). The minimum Gasteiger partial charge on any atom is -0.364 e. The molecule has 1 aromatic heterocycles. The summed E-state index contributed by atoms with van der Waals surface area (Å²) in [4.78, 5) is 11.1. The molecule has 0 aliphatic carbocycles. The monoisotopic (exact) mass is 269 g/mol. The smallest absolute Gasteiger partial charge is 0.364 e. The molecule has 1 heterocycles. The van der Waals surface area contributed by atoms with E-state index >= 15 is 0 Å². The van der Waals surface area contributed by atoms with E-state index in [1.54, 1.807) is 6.07 Å². The molecular weight excluding hydrogens is 259 g/mol. The van der Waals surface area contributed by atoms with Crippen LogP contribution in [-0.2, 0) is 12.6 Å². The summed E-state index contributed by atoms with van der Waals surface area (Å²) in [7, 11) is 0. The molecule has 1 amide bonds. The maximum Gasteiger partial charge on any atom is 0.416 e. The number of aromatic nitrogens is 2. The minimum atomic E-state index is -4.39. The molecule has 1 aromatic carbocycles. The number of nitrogens with one attached hydrogen (secondary N) is 1. The van der Waals surface area contributed by atoms with Crippen LogP contribution in [0, 0.1) is 0 Å². The molecule has 7 heteroatoms. The van der Waals surface area contributed by atoms with Gasteiger partial charge in [0.05, 0.1) is 11.8 Å². The SMILES string of the molecule is NC(=O)c1[nH]ncc1Cc1cccc(C(F)(F)F)c1. The maximum atomic E-state index is 12.6. The second-order valence-electron chi connectivity index (χ2n) is 4.01. The van der Waals surface area contributed by atoms with E-state index in [0.29, 0.717) is 11.1 Å². The summed E-state index contributed by atoms with van der Waals surface area (Å²) in [6, 6.07) is 4.90. The number of H-pyrrole nitrogens is 1. The van der Waals surface area contributed by atoms with Gasteiger partial charge in [-0.15, -0.1) is 0 Å². The topological polar surface area (TPSA) is 71.8 Å². The van der Waals surface area contributed by atoms with Crippen LogP contribution in [-0.4, -0.2) is 16.1 Å². The molecule has 0 aliphatic heterocycles. The predicted molar refractivity (Wildman–Crippen MR) is 61.4 cm³/mol. The van der Waals surface area contributed by atoms with Gasteiger partial charge in [-0.3, -0.25) is 9.89 Å². The van der Waals surface area contributed by atoms with E-state index < -0.39 is 17.6 Å². The van der Waals surface area contributed by atoms with Crippen molar-refractivity contribution in [2.24, 2.45) is 5.73 Å². The first kappa shape index (κ1) is 13.1.